The number of carbonyl (C=O) groups excluding carboxylic acids is 2. The summed E-state index contributed by atoms with van der Waals surface area (Å²) in [4.78, 5) is 23.7. The van der Waals surface area contributed by atoms with Gasteiger partial charge in [-0.2, -0.15) is 0 Å². The number of aliphatic hydroxyl groups excluding tert-OH is 5. The normalized spacial score (nSPS) is 15.0. The Balaban J connectivity index is 3.80. The van der Waals surface area contributed by atoms with Gasteiger partial charge < -0.3 is 30.3 Å². The first-order valence-electron chi connectivity index (χ1n) is 13.2. The van der Waals surface area contributed by atoms with Gasteiger partial charge in [0, 0.05) is 5.57 Å². The summed E-state index contributed by atoms with van der Waals surface area (Å²) in [6, 6.07) is 0. The van der Waals surface area contributed by atoms with Crippen molar-refractivity contribution in [2.24, 2.45) is 0 Å². The summed E-state index contributed by atoms with van der Waals surface area (Å²) in [6.45, 7) is 4.95. The lowest BCUT2D eigenvalue weighted by Gasteiger charge is -2.24. The molecule has 0 saturated heterocycles. The van der Waals surface area contributed by atoms with Gasteiger partial charge in [0.05, 0.1) is 6.61 Å². The zero-order chi connectivity index (χ0) is 26.5. The number of aliphatic hydroxyl groups is 5. The third-order valence-electron chi connectivity index (χ3n) is 5.97. The monoisotopic (exact) mass is 500 g/mol. The van der Waals surface area contributed by atoms with Crippen LogP contribution >= 0.6 is 0 Å². The molecule has 0 aromatic rings. The van der Waals surface area contributed by atoms with Crippen LogP contribution in [0.5, 0.6) is 0 Å². The summed E-state index contributed by atoms with van der Waals surface area (Å²) in [6.07, 6.45) is 13.2. The molecule has 8 heteroatoms. The van der Waals surface area contributed by atoms with Gasteiger partial charge in [0.2, 0.25) is 0 Å². The zero-order valence-electron chi connectivity index (χ0n) is 21.4. The first-order chi connectivity index (χ1) is 16.8. The van der Waals surface area contributed by atoms with E-state index >= 15 is 0 Å². The smallest absolute Gasteiger partial charge is 0.345 e. The molecule has 0 rings (SSSR count). The van der Waals surface area contributed by atoms with Crippen LogP contribution in [0.4, 0.5) is 0 Å². The van der Waals surface area contributed by atoms with Crippen LogP contribution in [0.25, 0.3) is 0 Å². The average molecular weight is 501 g/mol. The van der Waals surface area contributed by atoms with Crippen molar-refractivity contribution < 1.29 is 39.9 Å². The average Bonchev–Trinajstić information content (AvgIpc) is 2.86. The van der Waals surface area contributed by atoms with E-state index in [4.69, 9.17) is 5.11 Å². The number of esters is 2. The molecule has 204 valence electrons. The van der Waals surface area contributed by atoms with Crippen LogP contribution in [0.3, 0.4) is 0 Å². The Hall–Kier alpha value is -1.58. The zero-order valence-corrected chi connectivity index (χ0v) is 21.4. The van der Waals surface area contributed by atoms with E-state index in [9.17, 15) is 30.0 Å². The summed E-state index contributed by atoms with van der Waals surface area (Å²) in [7, 11) is 0. The van der Waals surface area contributed by atoms with Crippen molar-refractivity contribution in [3.05, 3.63) is 24.3 Å². The van der Waals surface area contributed by atoms with Gasteiger partial charge in [0.25, 0.3) is 0 Å². The maximum Gasteiger partial charge on any atom is 0.345 e. The lowest BCUT2D eigenvalue weighted by Crippen LogP contribution is -2.49. The van der Waals surface area contributed by atoms with E-state index in [-0.39, 0.29) is 5.57 Å². The molecule has 0 aromatic heterocycles. The van der Waals surface area contributed by atoms with E-state index in [2.05, 4.69) is 30.4 Å². The van der Waals surface area contributed by atoms with E-state index in [0.717, 1.165) is 32.1 Å². The van der Waals surface area contributed by atoms with E-state index in [1.807, 2.05) is 0 Å². The third-order valence-corrected chi connectivity index (χ3v) is 5.97. The van der Waals surface area contributed by atoms with Gasteiger partial charge in [0.1, 0.15) is 18.3 Å². The second-order valence-corrected chi connectivity index (χ2v) is 9.18. The number of rotatable bonds is 22. The highest BCUT2D eigenvalue weighted by Gasteiger charge is 2.36. The van der Waals surface area contributed by atoms with Gasteiger partial charge in [-0.15, -0.1) is 0 Å². The molecule has 0 aliphatic rings. The lowest BCUT2D eigenvalue weighted by atomic mass is 10.0. The van der Waals surface area contributed by atoms with Crippen LogP contribution < -0.4 is 0 Å². The number of carbonyl (C=O) groups is 2. The molecule has 0 aromatic carbocycles. The summed E-state index contributed by atoms with van der Waals surface area (Å²) < 4.78 is 4.49. The molecule has 0 bridgehead atoms. The van der Waals surface area contributed by atoms with E-state index in [0.29, 0.717) is 12.8 Å². The predicted molar refractivity (Wildman–Crippen MR) is 135 cm³/mol. The molecule has 0 unspecified atom stereocenters. The topological polar surface area (TPSA) is 145 Å². The Morgan fingerprint density at radius 1 is 0.771 bits per heavy atom. The SMILES string of the molecule is C=C(CCCCCCCC/C=C\CCCCCCCC)C(=O)OC(=O)[C@H](O)[C@@H](O)[C@H](O)[C@H](O)CO. The molecule has 8 nitrogen and oxygen atoms in total. The van der Waals surface area contributed by atoms with Crippen LogP contribution in [-0.2, 0) is 14.3 Å². The summed E-state index contributed by atoms with van der Waals surface area (Å²) in [5.74, 6) is -2.47. The van der Waals surface area contributed by atoms with Crippen molar-refractivity contribution in [3.8, 4) is 0 Å². The fourth-order valence-electron chi connectivity index (χ4n) is 3.57. The summed E-state index contributed by atoms with van der Waals surface area (Å²) >= 11 is 0. The van der Waals surface area contributed by atoms with Crippen LogP contribution in [0.1, 0.15) is 103 Å². The minimum Gasteiger partial charge on any atom is -0.394 e. The molecule has 4 atom stereocenters. The van der Waals surface area contributed by atoms with Crippen molar-refractivity contribution >= 4 is 11.9 Å². The van der Waals surface area contributed by atoms with Gasteiger partial charge in [-0.05, 0) is 38.5 Å². The van der Waals surface area contributed by atoms with Gasteiger partial charge in [-0.1, -0.05) is 83.4 Å². The van der Waals surface area contributed by atoms with Crippen LogP contribution in [0.2, 0.25) is 0 Å². The molecule has 0 amide bonds. The molecule has 5 N–H and O–H groups in total. The highest BCUT2D eigenvalue weighted by atomic mass is 16.6. The van der Waals surface area contributed by atoms with Crippen LogP contribution in [0.15, 0.2) is 24.3 Å². The van der Waals surface area contributed by atoms with Gasteiger partial charge in [-0.3, -0.25) is 0 Å². The first-order valence-corrected chi connectivity index (χ1v) is 13.2. The molecule has 35 heavy (non-hydrogen) atoms. The first kappa shape index (κ1) is 33.4. The van der Waals surface area contributed by atoms with Crippen molar-refractivity contribution in [2.75, 3.05) is 6.61 Å². The highest BCUT2D eigenvalue weighted by Crippen LogP contribution is 2.14. The molecule has 0 aliphatic carbocycles. The van der Waals surface area contributed by atoms with Gasteiger partial charge >= 0.3 is 11.9 Å². The number of unbranched alkanes of at least 4 members (excludes halogenated alkanes) is 12. The number of hydrogen-bond donors (Lipinski definition) is 5. The maximum absolute atomic E-state index is 11.9. The van der Waals surface area contributed by atoms with Crippen molar-refractivity contribution in [1.82, 2.24) is 0 Å². The summed E-state index contributed by atoms with van der Waals surface area (Å²) in [5.41, 5.74) is 0.0754. The quantitative estimate of drug-likeness (QED) is 0.0500. The molecule has 0 fully saturated rings. The van der Waals surface area contributed by atoms with Crippen molar-refractivity contribution in [3.63, 3.8) is 0 Å². The Kier molecular flexibility index (Phi) is 20.7. The van der Waals surface area contributed by atoms with Gasteiger partial charge in [0.15, 0.2) is 6.10 Å². The fraction of sp³-hybridized carbons (Fsp3) is 0.778. The number of hydrogen-bond acceptors (Lipinski definition) is 8. The molecular weight excluding hydrogens is 452 g/mol. The Labute approximate surface area is 210 Å². The largest absolute Gasteiger partial charge is 0.394 e. The Bertz CT molecular complexity index is 604. The van der Waals surface area contributed by atoms with Crippen LogP contribution in [-0.4, -0.2) is 68.5 Å². The van der Waals surface area contributed by atoms with Gasteiger partial charge in [-0.25, -0.2) is 9.59 Å². The third kappa shape index (κ3) is 16.7. The standard InChI is InChI=1S/C27H48O8/c1-3-4-5-6-7-8-9-10-11-12-13-14-15-16-17-18-19-21(2)26(33)35-27(34)25(32)24(31)23(30)22(29)20-28/h10-11,22-25,28-32H,2-9,12-20H2,1H3/b11-10-/t22-,23-,24+,25-/m1/s1. The maximum atomic E-state index is 11.9. The van der Waals surface area contributed by atoms with Crippen molar-refractivity contribution in [1.29, 1.82) is 0 Å². The molecule has 0 saturated carbocycles. The Morgan fingerprint density at radius 3 is 1.77 bits per heavy atom. The fourth-order valence-corrected chi connectivity index (χ4v) is 3.57. The molecule has 0 heterocycles. The minimum atomic E-state index is -2.26. The lowest BCUT2D eigenvalue weighted by molar-refractivity contribution is -0.175. The second kappa shape index (κ2) is 21.7. The van der Waals surface area contributed by atoms with Crippen molar-refractivity contribution in [2.45, 2.75) is 128 Å². The van der Waals surface area contributed by atoms with Crippen LogP contribution in [0, 0.1) is 0 Å². The second-order valence-electron chi connectivity index (χ2n) is 9.18. The molecule has 0 radical (unpaired) electrons. The summed E-state index contributed by atoms with van der Waals surface area (Å²) in [5, 5.41) is 46.9. The molecular formula is C27H48O8. The molecule has 0 aliphatic heterocycles. The predicted octanol–water partition coefficient (Wildman–Crippen LogP) is 3.48. The highest BCUT2D eigenvalue weighted by molar-refractivity contribution is 5.97. The number of ether oxygens (including phenoxy) is 1. The van der Waals surface area contributed by atoms with E-state index in [1.165, 1.54) is 51.4 Å². The van der Waals surface area contributed by atoms with E-state index < -0.39 is 43.0 Å². The number of allylic oxidation sites excluding steroid dienone is 2. The minimum absolute atomic E-state index is 0.0754. The Morgan fingerprint density at radius 2 is 1.26 bits per heavy atom. The molecule has 0 spiro atoms. The van der Waals surface area contributed by atoms with E-state index in [1.54, 1.807) is 0 Å².